The van der Waals surface area contributed by atoms with Gasteiger partial charge in [0.15, 0.2) is 0 Å². The molecule has 0 aliphatic rings. The molecule has 1 aromatic carbocycles. The quantitative estimate of drug-likeness (QED) is 0.836. The minimum atomic E-state index is -0.910. The Hall–Kier alpha value is -1.82. The van der Waals surface area contributed by atoms with Crippen LogP contribution in [0.25, 0.3) is 11.5 Å². The highest BCUT2D eigenvalue weighted by Gasteiger charge is 2.10. The number of aryl methyl sites for hydroxylation is 1. The third-order valence-electron chi connectivity index (χ3n) is 2.33. The molecule has 18 heavy (non-hydrogen) atoms. The first-order valence-corrected chi connectivity index (χ1v) is 6.45. The van der Waals surface area contributed by atoms with Crippen molar-refractivity contribution >= 4 is 17.7 Å². The maximum atomic E-state index is 10.4. The molecule has 2 rings (SSSR count). The van der Waals surface area contributed by atoms with Crippen LogP contribution in [0.4, 0.5) is 0 Å². The van der Waals surface area contributed by atoms with E-state index in [0.29, 0.717) is 5.89 Å². The second kappa shape index (κ2) is 5.68. The van der Waals surface area contributed by atoms with Gasteiger partial charge in [0.1, 0.15) is 5.75 Å². The van der Waals surface area contributed by atoms with Crippen molar-refractivity contribution in [1.29, 1.82) is 0 Å². The van der Waals surface area contributed by atoms with Crippen LogP contribution in [0.3, 0.4) is 0 Å². The number of hydrogen-bond acceptors (Lipinski definition) is 5. The molecule has 0 radical (unpaired) electrons. The Morgan fingerprint density at radius 1 is 1.33 bits per heavy atom. The van der Waals surface area contributed by atoms with Crippen molar-refractivity contribution in [1.82, 2.24) is 10.2 Å². The monoisotopic (exact) mass is 264 g/mol. The van der Waals surface area contributed by atoms with Crippen LogP contribution in [0, 0.1) is 0 Å². The summed E-state index contributed by atoms with van der Waals surface area (Å²) in [7, 11) is 0. The van der Waals surface area contributed by atoms with Gasteiger partial charge in [-0.15, -0.1) is 10.2 Å². The molecule has 1 aromatic heterocycles. The fourth-order valence-corrected chi connectivity index (χ4v) is 1.87. The molecule has 0 amide bonds. The van der Waals surface area contributed by atoms with E-state index in [1.165, 1.54) is 5.56 Å². The molecule has 0 saturated heterocycles. The summed E-state index contributed by atoms with van der Waals surface area (Å²) in [4.78, 5) is 10.4. The summed E-state index contributed by atoms with van der Waals surface area (Å²) in [6.45, 7) is 2.09. The Morgan fingerprint density at radius 3 is 2.67 bits per heavy atom. The topological polar surface area (TPSA) is 76.2 Å². The highest BCUT2D eigenvalue weighted by Crippen LogP contribution is 2.23. The van der Waals surface area contributed by atoms with E-state index in [-0.39, 0.29) is 11.0 Å². The molecule has 0 aliphatic carbocycles. The van der Waals surface area contributed by atoms with Crippen LogP contribution in [0.15, 0.2) is 33.9 Å². The maximum Gasteiger partial charge on any atom is 0.314 e. The fraction of sp³-hybridized carbons (Fsp3) is 0.250. The maximum absolute atomic E-state index is 10.4. The smallest absolute Gasteiger partial charge is 0.314 e. The van der Waals surface area contributed by atoms with Crippen molar-refractivity contribution in [3.63, 3.8) is 0 Å². The Balaban J connectivity index is 2.10. The van der Waals surface area contributed by atoms with E-state index in [1.807, 2.05) is 24.3 Å². The van der Waals surface area contributed by atoms with Crippen LogP contribution >= 0.6 is 11.8 Å². The van der Waals surface area contributed by atoms with Gasteiger partial charge in [0.2, 0.25) is 5.89 Å². The molecule has 0 bridgehead atoms. The standard InChI is InChI=1S/C12H12N2O3S/c1-2-8-3-5-9(6-4-8)11-13-14-12(17-11)18-7-10(15)16/h3-6H,2,7H2,1H3,(H,15,16). The van der Waals surface area contributed by atoms with Crippen LogP contribution < -0.4 is 0 Å². The number of carboxylic acids is 1. The third-order valence-corrected chi connectivity index (χ3v) is 3.14. The molecule has 1 N–H and O–H groups in total. The highest BCUT2D eigenvalue weighted by molar-refractivity contribution is 7.99. The zero-order valence-corrected chi connectivity index (χ0v) is 10.6. The van der Waals surface area contributed by atoms with Crippen molar-refractivity contribution in [2.45, 2.75) is 18.6 Å². The van der Waals surface area contributed by atoms with Gasteiger partial charge in [-0.05, 0) is 24.1 Å². The number of nitrogens with zero attached hydrogens (tertiary/aromatic N) is 2. The van der Waals surface area contributed by atoms with Gasteiger partial charge in [-0.25, -0.2) is 0 Å². The van der Waals surface area contributed by atoms with E-state index < -0.39 is 5.97 Å². The second-order valence-corrected chi connectivity index (χ2v) is 4.53. The van der Waals surface area contributed by atoms with Gasteiger partial charge in [0.05, 0.1) is 0 Å². The normalized spacial score (nSPS) is 10.5. The molecule has 0 saturated carbocycles. The number of rotatable bonds is 5. The van der Waals surface area contributed by atoms with Crippen LogP contribution in [-0.2, 0) is 11.2 Å². The summed E-state index contributed by atoms with van der Waals surface area (Å²) >= 11 is 1.01. The van der Waals surface area contributed by atoms with Crippen LogP contribution in [0.2, 0.25) is 0 Å². The second-order valence-electron chi connectivity index (χ2n) is 3.61. The predicted molar refractivity (Wildman–Crippen MR) is 67.5 cm³/mol. The first-order chi connectivity index (χ1) is 8.69. The minimum absolute atomic E-state index is 0.0869. The number of aromatic nitrogens is 2. The van der Waals surface area contributed by atoms with E-state index in [4.69, 9.17) is 9.52 Å². The number of benzene rings is 1. The Morgan fingerprint density at radius 2 is 2.06 bits per heavy atom. The third kappa shape index (κ3) is 3.10. The first-order valence-electron chi connectivity index (χ1n) is 5.46. The Kier molecular flexibility index (Phi) is 3.99. The summed E-state index contributed by atoms with van der Waals surface area (Å²) in [5.41, 5.74) is 2.07. The summed E-state index contributed by atoms with van der Waals surface area (Å²) in [6.07, 6.45) is 0.976. The molecule has 1 heterocycles. The fourth-order valence-electron chi connectivity index (χ4n) is 1.39. The van der Waals surface area contributed by atoms with Crippen molar-refractivity contribution in [2.24, 2.45) is 0 Å². The van der Waals surface area contributed by atoms with E-state index >= 15 is 0 Å². The number of hydrogen-bond donors (Lipinski definition) is 1. The molecular formula is C12H12N2O3S. The molecule has 5 nitrogen and oxygen atoms in total. The number of carbonyl (C=O) groups is 1. The number of aliphatic carboxylic acids is 1. The molecule has 0 aliphatic heterocycles. The summed E-state index contributed by atoms with van der Waals surface area (Å²) < 4.78 is 5.37. The zero-order chi connectivity index (χ0) is 13.0. The molecule has 0 spiro atoms. The van der Waals surface area contributed by atoms with E-state index in [0.717, 1.165) is 23.7 Å². The van der Waals surface area contributed by atoms with E-state index in [2.05, 4.69) is 17.1 Å². The number of carboxylic acid groups (broad SMARTS) is 1. The molecule has 0 atom stereocenters. The summed E-state index contributed by atoms with van der Waals surface area (Å²) in [5.74, 6) is -0.589. The van der Waals surface area contributed by atoms with E-state index in [9.17, 15) is 4.79 Å². The average Bonchev–Trinajstić information content (AvgIpc) is 2.85. The predicted octanol–water partition coefficient (Wildman–Crippen LogP) is 2.48. The van der Waals surface area contributed by atoms with Gasteiger partial charge < -0.3 is 9.52 Å². The summed E-state index contributed by atoms with van der Waals surface area (Å²) in [5, 5.41) is 16.5. The van der Waals surface area contributed by atoms with Gasteiger partial charge in [0, 0.05) is 5.56 Å². The molecular weight excluding hydrogens is 252 g/mol. The molecule has 6 heteroatoms. The Bertz CT molecular complexity index is 537. The van der Waals surface area contributed by atoms with Crippen LogP contribution in [0.1, 0.15) is 12.5 Å². The molecule has 94 valence electrons. The largest absolute Gasteiger partial charge is 0.481 e. The lowest BCUT2D eigenvalue weighted by Gasteiger charge is -1.97. The van der Waals surface area contributed by atoms with Gasteiger partial charge >= 0.3 is 5.97 Å². The van der Waals surface area contributed by atoms with Gasteiger partial charge in [-0.2, -0.15) is 0 Å². The molecule has 0 unspecified atom stereocenters. The van der Waals surface area contributed by atoms with Crippen molar-refractivity contribution in [3.05, 3.63) is 29.8 Å². The highest BCUT2D eigenvalue weighted by atomic mass is 32.2. The lowest BCUT2D eigenvalue weighted by atomic mass is 10.1. The zero-order valence-electron chi connectivity index (χ0n) is 9.79. The van der Waals surface area contributed by atoms with Gasteiger partial charge in [-0.3, -0.25) is 4.79 Å². The van der Waals surface area contributed by atoms with Crippen molar-refractivity contribution in [3.8, 4) is 11.5 Å². The van der Waals surface area contributed by atoms with E-state index in [1.54, 1.807) is 0 Å². The van der Waals surface area contributed by atoms with Gasteiger partial charge in [-0.1, -0.05) is 30.8 Å². The van der Waals surface area contributed by atoms with Crippen molar-refractivity contribution < 1.29 is 14.3 Å². The van der Waals surface area contributed by atoms with Crippen LogP contribution in [-0.4, -0.2) is 27.0 Å². The SMILES string of the molecule is CCc1ccc(-c2nnc(SCC(=O)O)o2)cc1. The Labute approximate surface area is 108 Å². The molecule has 2 aromatic rings. The lowest BCUT2D eigenvalue weighted by molar-refractivity contribution is -0.133. The van der Waals surface area contributed by atoms with Gasteiger partial charge in [0.25, 0.3) is 5.22 Å². The average molecular weight is 264 g/mol. The minimum Gasteiger partial charge on any atom is -0.481 e. The molecule has 0 fully saturated rings. The van der Waals surface area contributed by atoms with Crippen molar-refractivity contribution in [2.75, 3.05) is 5.75 Å². The lowest BCUT2D eigenvalue weighted by Crippen LogP contribution is -1.97. The van der Waals surface area contributed by atoms with Crippen LogP contribution in [0.5, 0.6) is 0 Å². The number of thioether (sulfide) groups is 1. The first kappa shape index (κ1) is 12.6. The summed E-state index contributed by atoms with van der Waals surface area (Å²) in [6, 6.07) is 7.84.